The zero-order valence-corrected chi connectivity index (χ0v) is 15.5. The van der Waals surface area contributed by atoms with Gasteiger partial charge in [0.15, 0.2) is 0 Å². The van der Waals surface area contributed by atoms with E-state index in [2.05, 4.69) is 15.7 Å². The number of hydrogen-bond donors (Lipinski definition) is 3. The largest absolute Gasteiger partial charge is 0.477 e. The molecule has 3 N–H and O–H groups in total. The normalized spacial score (nSPS) is 15.1. The molecule has 1 amide bonds. The van der Waals surface area contributed by atoms with Gasteiger partial charge in [0.05, 0.1) is 12.2 Å². The average Bonchev–Trinajstić information content (AvgIpc) is 3.12. The van der Waals surface area contributed by atoms with Crippen molar-refractivity contribution in [2.75, 3.05) is 10.6 Å². The number of allylic oxidation sites excluding steroid dienone is 1. The molecule has 0 saturated carbocycles. The Balaban J connectivity index is 1.72. The number of carbonyl (C=O) groups is 2. The molecular weight excluding hydrogens is 399 g/mol. The van der Waals surface area contributed by atoms with Crippen LogP contribution < -0.4 is 10.6 Å². The highest BCUT2D eigenvalue weighted by Crippen LogP contribution is 2.32. The van der Waals surface area contributed by atoms with Crippen molar-refractivity contribution in [1.82, 2.24) is 9.78 Å². The number of nitrogens with zero attached hydrogens (tertiary/aromatic N) is 2. The summed E-state index contributed by atoms with van der Waals surface area (Å²) in [6.07, 6.45) is 2.80. The molecule has 1 aliphatic heterocycles. The highest BCUT2D eigenvalue weighted by Gasteiger charge is 2.29. The second-order valence-corrected chi connectivity index (χ2v) is 6.76. The van der Waals surface area contributed by atoms with E-state index in [1.807, 2.05) is 0 Å². The number of rotatable bonds is 4. The molecule has 0 bridgehead atoms. The van der Waals surface area contributed by atoms with Crippen LogP contribution in [-0.2, 0) is 4.79 Å². The Labute approximate surface area is 169 Å². The molecular formula is C20H14ClFN4O3. The minimum Gasteiger partial charge on any atom is -0.477 e. The van der Waals surface area contributed by atoms with Crippen LogP contribution >= 0.6 is 11.6 Å². The van der Waals surface area contributed by atoms with Crippen molar-refractivity contribution in [3.63, 3.8) is 0 Å². The lowest BCUT2D eigenvalue weighted by Gasteiger charge is -2.24. The molecule has 4 rings (SSSR count). The van der Waals surface area contributed by atoms with E-state index >= 15 is 0 Å². The monoisotopic (exact) mass is 412 g/mol. The maximum atomic E-state index is 13.3. The number of hydrogen-bond acceptors (Lipinski definition) is 4. The topological polar surface area (TPSA) is 96.2 Å². The molecule has 0 radical (unpaired) electrons. The molecule has 0 spiro atoms. The molecule has 0 saturated heterocycles. The molecule has 29 heavy (non-hydrogen) atoms. The number of amides is 1. The first kappa shape index (κ1) is 18.7. The number of nitrogens with one attached hydrogen (secondary N) is 2. The van der Waals surface area contributed by atoms with Gasteiger partial charge in [0.25, 0.3) is 5.91 Å². The van der Waals surface area contributed by atoms with Crippen molar-refractivity contribution in [2.24, 2.45) is 0 Å². The van der Waals surface area contributed by atoms with Crippen LogP contribution in [0.2, 0.25) is 5.02 Å². The third kappa shape index (κ3) is 3.70. The van der Waals surface area contributed by atoms with E-state index in [1.165, 1.54) is 29.1 Å². The number of aromatic nitrogens is 2. The van der Waals surface area contributed by atoms with Gasteiger partial charge in [0.2, 0.25) is 0 Å². The summed E-state index contributed by atoms with van der Waals surface area (Å²) in [6.45, 7) is 0. The summed E-state index contributed by atoms with van der Waals surface area (Å²) in [5.41, 5.74) is 1.16. The van der Waals surface area contributed by atoms with Gasteiger partial charge >= 0.3 is 5.97 Å². The molecule has 1 aliphatic rings. The van der Waals surface area contributed by atoms with Gasteiger partial charge < -0.3 is 15.7 Å². The van der Waals surface area contributed by atoms with Crippen LogP contribution in [0.4, 0.5) is 15.9 Å². The second kappa shape index (κ2) is 7.40. The predicted octanol–water partition coefficient (Wildman–Crippen LogP) is 3.91. The van der Waals surface area contributed by atoms with Crippen LogP contribution in [0.15, 0.2) is 66.5 Å². The lowest BCUT2D eigenvalue weighted by atomic mass is 10.0. The van der Waals surface area contributed by atoms with E-state index in [0.29, 0.717) is 16.3 Å². The standard InChI is InChI=1S/C20H14ClFN4O3/c21-12-2-1-3-14(8-12)24-19(27)15-10-23-26-17(11-4-6-13(22)7-5-11)9-16(20(28)29)25-18(15)26/h1-10,17,25H,(H,24,27)(H,28,29). The van der Waals surface area contributed by atoms with Crippen molar-refractivity contribution < 1.29 is 19.1 Å². The Bertz CT molecular complexity index is 1140. The highest BCUT2D eigenvalue weighted by atomic mass is 35.5. The Hall–Kier alpha value is -3.65. The zero-order chi connectivity index (χ0) is 20.5. The molecule has 1 atom stereocenters. The van der Waals surface area contributed by atoms with Gasteiger partial charge in [-0.1, -0.05) is 29.8 Å². The van der Waals surface area contributed by atoms with E-state index in [1.54, 1.807) is 36.4 Å². The minimum atomic E-state index is -1.19. The fourth-order valence-corrected chi connectivity index (χ4v) is 3.24. The van der Waals surface area contributed by atoms with E-state index < -0.39 is 23.7 Å². The van der Waals surface area contributed by atoms with Crippen molar-refractivity contribution in [2.45, 2.75) is 6.04 Å². The van der Waals surface area contributed by atoms with Gasteiger partial charge in [-0.2, -0.15) is 5.10 Å². The fourth-order valence-electron chi connectivity index (χ4n) is 3.05. The molecule has 2 heterocycles. The lowest BCUT2D eigenvalue weighted by molar-refractivity contribution is -0.132. The quantitative estimate of drug-likeness (QED) is 0.603. The number of fused-ring (bicyclic) bond motifs is 1. The van der Waals surface area contributed by atoms with Crippen LogP contribution in [0, 0.1) is 5.82 Å². The Morgan fingerprint density at radius 3 is 2.66 bits per heavy atom. The Kier molecular flexibility index (Phi) is 4.77. The molecule has 9 heteroatoms. The van der Waals surface area contributed by atoms with E-state index in [9.17, 15) is 19.1 Å². The number of anilines is 2. The van der Waals surface area contributed by atoms with Crippen molar-refractivity contribution >= 4 is 35.0 Å². The molecule has 1 unspecified atom stereocenters. The maximum absolute atomic E-state index is 13.3. The number of carboxylic acids is 1. The summed E-state index contributed by atoms with van der Waals surface area (Å²) < 4.78 is 14.8. The SMILES string of the molecule is O=C(O)C1=CC(c2ccc(F)cc2)n2ncc(C(=O)Nc3cccc(Cl)c3)c2N1. The summed E-state index contributed by atoms with van der Waals surface area (Å²) in [5.74, 6) is -1.86. The Morgan fingerprint density at radius 2 is 1.97 bits per heavy atom. The number of carbonyl (C=O) groups excluding carboxylic acids is 1. The first-order chi connectivity index (χ1) is 13.9. The van der Waals surface area contributed by atoms with E-state index in [0.717, 1.165) is 0 Å². The van der Waals surface area contributed by atoms with Crippen LogP contribution in [-0.4, -0.2) is 26.8 Å². The van der Waals surface area contributed by atoms with Gasteiger partial charge in [-0.25, -0.2) is 13.9 Å². The smallest absolute Gasteiger partial charge is 0.352 e. The summed E-state index contributed by atoms with van der Waals surface area (Å²) in [4.78, 5) is 24.3. The van der Waals surface area contributed by atoms with Crippen LogP contribution in [0.3, 0.4) is 0 Å². The lowest BCUT2D eigenvalue weighted by Crippen LogP contribution is -2.25. The maximum Gasteiger partial charge on any atom is 0.352 e. The first-order valence-electron chi connectivity index (χ1n) is 8.54. The Morgan fingerprint density at radius 1 is 1.21 bits per heavy atom. The molecule has 1 aromatic heterocycles. The number of benzene rings is 2. The van der Waals surface area contributed by atoms with E-state index in [-0.39, 0.29) is 17.1 Å². The minimum absolute atomic E-state index is 0.107. The number of aliphatic carboxylic acids is 1. The number of halogens is 2. The molecule has 3 aromatic rings. The molecule has 2 aromatic carbocycles. The van der Waals surface area contributed by atoms with E-state index in [4.69, 9.17) is 11.6 Å². The summed E-state index contributed by atoms with van der Waals surface area (Å²) in [5, 5.41) is 19.6. The summed E-state index contributed by atoms with van der Waals surface area (Å²) >= 11 is 5.94. The molecule has 7 nitrogen and oxygen atoms in total. The first-order valence-corrected chi connectivity index (χ1v) is 8.92. The van der Waals surface area contributed by atoms with Crippen LogP contribution in [0.25, 0.3) is 0 Å². The zero-order valence-electron chi connectivity index (χ0n) is 14.8. The average molecular weight is 413 g/mol. The highest BCUT2D eigenvalue weighted by molar-refractivity contribution is 6.31. The van der Waals surface area contributed by atoms with Gasteiger partial charge in [0.1, 0.15) is 22.9 Å². The molecule has 0 fully saturated rings. The summed E-state index contributed by atoms with van der Waals surface area (Å²) in [7, 11) is 0. The van der Waals surface area contributed by atoms with Gasteiger partial charge in [0, 0.05) is 10.7 Å². The predicted molar refractivity (Wildman–Crippen MR) is 106 cm³/mol. The molecule has 146 valence electrons. The van der Waals surface area contributed by atoms with Crippen LogP contribution in [0.1, 0.15) is 22.0 Å². The third-order valence-corrected chi connectivity index (χ3v) is 4.64. The van der Waals surface area contributed by atoms with Crippen LogP contribution in [0.5, 0.6) is 0 Å². The van der Waals surface area contributed by atoms with Gasteiger partial charge in [-0.3, -0.25) is 4.79 Å². The second-order valence-electron chi connectivity index (χ2n) is 6.32. The number of carboxylic acid groups (broad SMARTS) is 1. The fraction of sp³-hybridized carbons (Fsp3) is 0.0500. The van der Waals surface area contributed by atoms with Crippen molar-refractivity contribution in [1.29, 1.82) is 0 Å². The van der Waals surface area contributed by atoms with Gasteiger partial charge in [-0.05, 0) is 42.0 Å². The van der Waals surface area contributed by atoms with Gasteiger partial charge in [-0.15, -0.1) is 0 Å². The molecule has 0 aliphatic carbocycles. The van der Waals surface area contributed by atoms with Crippen molar-refractivity contribution in [3.8, 4) is 0 Å². The summed E-state index contributed by atoms with van der Waals surface area (Å²) in [6, 6.07) is 11.7. The van der Waals surface area contributed by atoms with Crippen molar-refractivity contribution in [3.05, 3.63) is 88.5 Å². The third-order valence-electron chi connectivity index (χ3n) is 4.41.